The highest BCUT2D eigenvalue weighted by atomic mass is 35.5. The molecule has 0 spiro atoms. The van der Waals surface area contributed by atoms with Crippen LogP contribution in [0.4, 0.5) is 23.0 Å². The van der Waals surface area contributed by atoms with Gasteiger partial charge in [-0.05, 0) is 49.2 Å². The molecular formula is C42H39ClN10O4S4. The van der Waals surface area contributed by atoms with Crippen LogP contribution in [-0.4, -0.2) is 60.6 Å². The number of H-pyrrole nitrogens is 1. The highest BCUT2D eigenvalue weighted by Crippen LogP contribution is 2.42. The summed E-state index contributed by atoms with van der Waals surface area (Å²) >= 11 is 15.2. The predicted octanol–water partition coefficient (Wildman–Crippen LogP) is 10.5. The van der Waals surface area contributed by atoms with Crippen molar-refractivity contribution in [3.8, 4) is 45.9 Å². The summed E-state index contributed by atoms with van der Waals surface area (Å²) in [5.74, 6) is 2.70. The van der Waals surface area contributed by atoms with Crippen molar-refractivity contribution < 1.29 is 18.9 Å². The number of aryl methyl sites for hydroxylation is 2. The molecule has 5 N–H and O–H groups in total. The molecule has 2 aromatic carbocycles. The van der Waals surface area contributed by atoms with E-state index in [1.165, 1.54) is 11.8 Å². The molecule has 0 aliphatic heterocycles. The third-order valence-electron chi connectivity index (χ3n) is 8.05. The van der Waals surface area contributed by atoms with E-state index in [9.17, 15) is 10.5 Å². The summed E-state index contributed by atoms with van der Waals surface area (Å²) in [5.41, 5.74) is 17.0. The maximum atomic E-state index is 9.87. The number of nitriles is 2. The number of thioether (sulfide) groups is 1. The van der Waals surface area contributed by atoms with E-state index >= 15 is 0 Å². The van der Waals surface area contributed by atoms with Crippen molar-refractivity contribution in [3.05, 3.63) is 119 Å². The number of anilines is 2. The summed E-state index contributed by atoms with van der Waals surface area (Å²) in [7, 11) is 3.21. The Morgan fingerprint density at radius 2 is 1.26 bits per heavy atom. The highest BCUT2D eigenvalue weighted by molar-refractivity contribution is 7.98. The van der Waals surface area contributed by atoms with E-state index in [4.69, 9.17) is 67.4 Å². The summed E-state index contributed by atoms with van der Waals surface area (Å²) in [4.78, 5) is 22.5. The number of methoxy groups -OCH3 is 2. The number of thiazole rings is 2. The number of nitrogens with two attached hydrogens (primary N) is 2. The van der Waals surface area contributed by atoms with E-state index in [0.717, 1.165) is 21.4 Å². The normalized spacial score (nSPS) is 10.1. The first-order chi connectivity index (χ1) is 29.5. The molecule has 0 aliphatic rings. The molecule has 0 fully saturated rings. The summed E-state index contributed by atoms with van der Waals surface area (Å²) in [5, 5.41) is 25.7. The van der Waals surface area contributed by atoms with Crippen molar-refractivity contribution in [3.63, 3.8) is 0 Å². The number of rotatable bonds is 14. The second-order valence-corrected chi connectivity index (χ2v) is 15.9. The largest absolute Gasteiger partial charge is 0.491 e. The van der Waals surface area contributed by atoms with Crippen LogP contribution in [0.2, 0.25) is 0 Å². The lowest BCUT2D eigenvalue weighted by Gasteiger charge is -2.13. The standard InChI is InChI=1S/C21H19N5O2S2.C16H14N4O2S.C5H6ClNS/c1-13-25-15(11-29-13)12-30-21-17(10-22)18(19(24-2)20(23)26-21)14-4-6-16(7-5-14)28-9-8-27-3;1-19-14-13(12(9-17)16(23)20-15(14)18)10-3-5-11(6-4-10)22-8-7-21-2;1-4-7-5(2-6)3-8-4/h4-7,11H,8-9,12H2,1,3H3,(H2,23,26);3-6H,7-8H2,2H3,(H3,18,20,23);3H,2H2,1H3. The Kier molecular flexibility index (Phi) is 18.9. The molecule has 4 heterocycles. The Morgan fingerprint density at radius 3 is 1.67 bits per heavy atom. The first-order valence-corrected chi connectivity index (χ1v) is 21.6. The fourth-order valence-electron chi connectivity index (χ4n) is 5.30. The molecule has 0 saturated carbocycles. The van der Waals surface area contributed by atoms with Crippen molar-refractivity contribution in [1.82, 2.24) is 19.9 Å². The van der Waals surface area contributed by atoms with Crippen LogP contribution in [0.1, 0.15) is 32.5 Å². The van der Waals surface area contributed by atoms with Gasteiger partial charge in [0.2, 0.25) is 11.4 Å². The van der Waals surface area contributed by atoms with Gasteiger partial charge in [-0.25, -0.2) is 24.6 Å². The number of nitrogens with one attached hydrogen (secondary N) is 1. The number of hydrogen-bond acceptors (Lipinski definition) is 15. The van der Waals surface area contributed by atoms with Gasteiger partial charge in [-0.3, -0.25) is 0 Å². The first kappa shape index (κ1) is 47.6. The van der Waals surface area contributed by atoms with Gasteiger partial charge in [-0.1, -0.05) is 48.2 Å². The van der Waals surface area contributed by atoms with Gasteiger partial charge < -0.3 is 35.4 Å². The van der Waals surface area contributed by atoms with Gasteiger partial charge in [0.05, 0.1) is 64.8 Å². The van der Waals surface area contributed by atoms with Crippen LogP contribution in [0.15, 0.2) is 64.3 Å². The number of hydrogen-bond donors (Lipinski definition) is 3. The lowest BCUT2D eigenvalue weighted by atomic mass is 10.00. The number of pyridine rings is 2. The Bertz CT molecular complexity index is 2640. The Balaban J connectivity index is 0.000000232. The second-order valence-electron chi connectivity index (χ2n) is 12.2. The molecule has 0 unspecified atom stereocenters. The Hall–Kier alpha value is -6.06. The molecule has 6 rings (SSSR count). The summed E-state index contributed by atoms with van der Waals surface area (Å²) in [6.07, 6.45) is 0. The maximum Gasteiger partial charge on any atom is 0.236 e. The van der Waals surface area contributed by atoms with E-state index in [1.54, 1.807) is 73.3 Å². The van der Waals surface area contributed by atoms with Crippen molar-refractivity contribution in [1.29, 1.82) is 10.5 Å². The molecule has 0 atom stereocenters. The molecule has 0 saturated heterocycles. The van der Waals surface area contributed by atoms with Crippen LogP contribution in [0.5, 0.6) is 11.5 Å². The van der Waals surface area contributed by atoms with Crippen molar-refractivity contribution in [2.75, 3.05) is 52.1 Å². The zero-order chi connectivity index (χ0) is 44.3. The number of benzene rings is 2. The molecule has 14 nitrogen and oxygen atoms in total. The first-order valence-electron chi connectivity index (χ1n) is 17.9. The van der Waals surface area contributed by atoms with E-state index in [1.807, 2.05) is 42.8 Å². The van der Waals surface area contributed by atoms with E-state index in [0.29, 0.717) is 82.4 Å². The van der Waals surface area contributed by atoms with Crippen molar-refractivity contribution in [2.45, 2.75) is 30.5 Å². The van der Waals surface area contributed by atoms with Crippen LogP contribution in [-0.2, 0) is 21.1 Å². The lowest BCUT2D eigenvalue weighted by Crippen LogP contribution is -2.04. The number of nitrogens with zero attached hydrogens (tertiary/aromatic N) is 7. The third kappa shape index (κ3) is 13.2. The Morgan fingerprint density at radius 1 is 0.770 bits per heavy atom. The fourth-order valence-corrected chi connectivity index (χ4v) is 8.00. The molecule has 0 radical (unpaired) electrons. The molecular weight excluding hydrogens is 872 g/mol. The van der Waals surface area contributed by atoms with Crippen LogP contribution in [0.25, 0.3) is 31.9 Å². The number of nitrogen functional groups attached to an aromatic ring is 2. The van der Waals surface area contributed by atoms with Gasteiger partial charge in [0.1, 0.15) is 58.2 Å². The minimum absolute atomic E-state index is 0.108. The number of aromatic amines is 1. The number of aromatic nitrogens is 4. The van der Waals surface area contributed by atoms with Gasteiger partial charge in [0.15, 0.2) is 0 Å². The molecule has 0 aliphatic carbocycles. The molecule has 4 aromatic heterocycles. The predicted molar refractivity (Wildman–Crippen MR) is 245 cm³/mol. The average molecular weight is 912 g/mol. The van der Waals surface area contributed by atoms with Gasteiger partial charge in [-0.2, -0.15) is 10.5 Å². The minimum atomic E-state index is 0.108. The topological polar surface area (TPSA) is 200 Å². The van der Waals surface area contributed by atoms with Crippen molar-refractivity contribution in [2.24, 2.45) is 0 Å². The summed E-state index contributed by atoms with van der Waals surface area (Å²) in [6, 6.07) is 18.5. The molecule has 6 aromatic rings. The van der Waals surface area contributed by atoms with Gasteiger partial charge >= 0.3 is 0 Å². The number of ether oxygens (including phenoxy) is 4. The molecule has 312 valence electrons. The SMILES string of the molecule is Cc1nc(CCl)cs1.[C-]#[N+]c1c(N)[nH]c(=S)c(C#N)c1-c1ccc(OCCOC)cc1.[C-]#[N+]c1c(N)nc(SCc2csc(C)n2)c(C#N)c1-c1ccc(OCCOC)cc1. The summed E-state index contributed by atoms with van der Waals surface area (Å²) < 4.78 is 21.2. The van der Waals surface area contributed by atoms with Crippen molar-refractivity contribution >= 4 is 81.3 Å². The highest BCUT2D eigenvalue weighted by Gasteiger charge is 2.21. The fraction of sp³-hybridized carbons (Fsp3) is 0.238. The van der Waals surface area contributed by atoms with Gasteiger partial charge in [0, 0.05) is 41.9 Å². The van der Waals surface area contributed by atoms with Crippen LogP contribution in [0.3, 0.4) is 0 Å². The molecule has 61 heavy (non-hydrogen) atoms. The van der Waals surface area contributed by atoms with Gasteiger partial charge in [-0.15, -0.1) is 34.3 Å². The van der Waals surface area contributed by atoms with Crippen LogP contribution in [0, 0.1) is 54.3 Å². The molecule has 0 amide bonds. The van der Waals surface area contributed by atoms with Gasteiger partial charge in [0.25, 0.3) is 0 Å². The maximum absolute atomic E-state index is 9.87. The number of halogens is 1. The number of alkyl halides is 1. The van der Waals surface area contributed by atoms with E-state index in [2.05, 4.69) is 35.7 Å². The van der Waals surface area contributed by atoms with E-state index in [-0.39, 0.29) is 33.2 Å². The zero-order valence-corrected chi connectivity index (χ0v) is 37.5. The smallest absolute Gasteiger partial charge is 0.236 e. The van der Waals surface area contributed by atoms with E-state index < -0.39 is 0 Å². The average Bonchev–Trinajstić information content (AvgIpc) is 3.90. The lowest BCUT2D eigenvalue weighted by molar-refractivity contribution is 0.146. The quantitative estimate of drug-likeness (QED) is 0.0307. The Labute approximate surface area is 376 Å². The monoisotopic (exact) mass is 910 g/mol. The summed E-state index contributed by atoms with van der Waals surface area (Å²) in [6.45, 7) is 20.6. The molecule has 19 heteroatoms. The molecule has 0 bridgehead atoms. The van der Waals surface area contributed by atoms with Crippen LogP contribution >= 0.6 is 58.3 Å². The zero-order valence-electron chi connectivity index (χ0n) is 33.4. The minimum Gasteiger partial charge on any atom is -0.491 e. The van der Waals surface area contributed by atoms with Crippen LogP contribution < -0.4 is 20.9 Å². The third-order valence-corrected chi connectivity index (χ3v) is 11.3. The second kappa shape index (κ2) is 24.3.